The molecular weight excluding hydrogens is 160 g/mol. The molecule has 13 heavy (non-hydrogen) atoms. The smallest absolute Gasteiger partial charge is 0.156 e. The second-order valence-corrected chi connectivity index (χ2v) is 4.87. The Morgan fingerprint density at radius 2 is 2.38 bits per heavy atom. The number of allylic oxidation sites excluding steroid dienone is 4. The molecule has 0 aromatic heterocycles. The van der Waals surface area contributed by atoms with Crippen LogP contribution in [0.5, 0.6) is 0 Å². The largest absolute Gasteiger partial charge is 0.295 e. The molecule has 0 heterocycles. The van der Waals surface area contributed by atoms with Crippen molar-refractivity contribution in [3.63, 3.8) is 0 Å². The lowest BCUT2D eigenvalue weighted by Crippen LogP contribution is -2.23. The van der Waals surface area contributed by atoms with E-state index in [1.54, 1.807) is 0 Å². The van der Waals surface area contributed by atoms with E-state index < -0.39 is 0 Å². The summed E-state index contributed by atoms with van der Waals surface area (Å²) in [5.74, 6) is 1.82. The molecule has 0 spiro atoms. The average Bonchev–Trinajstić information content (AvgIpc) is 2.62. The molecule has 0 aliphatic heterocycles. The highest BCUT2D eigenvalue weighted by atomic mass is 16.1. The van der Waals surface area contributed by atoms with E-state index in [2.05, 4.69) is 19.1 Å². The number of hydrogen-bond donors (Lipinski definition) is 0. The molecule has 68 valence electrons. The Hall–Kier alpha value is -0.850. The van der Waals surface area contributed by atoms with Gasteiger partial charge in [-0.15, -0.1) is 0 Å². The topological polar surface area (TPSA) is 17.1 Å². The van der Waals surface area contributed by atoms with Crippen molar-refractivity contribution in [1.82, 2.24) is 0 Å². The van der Waals surface area contributed by atoms with Crippen LogP contribution in [0.2, 0.25) is 0 Å². The lowest BCUT2D eigenvalue weighted by molar-refractivity contribution is -0.115. The van der Waals surface area contributed by atoms with E-state index >= 15 is 0 Å². The summed E-state index contributed by atoms with van der Waals surface area (Å²) in [5.41, 5.74) is 1.66. The van der Waals surface area contributed by atoms with Crippen LogP contribution in [-0.4, -0.2) is 5.78 Å². The number of hydrogen-bond acceptors (Lipinski definition) is 1. The van der Waals surface area contributed by atoms with Gasteiger partial charge in [0, 0.05) is 6.42 Å². The third kappa shape index (κ3) is 0.800. The average molecular weight is 174 g/mol. The molecular formula is C12H14O. The van der Waals surface area contributed by atoms with Crippen LogP contribution in [0.1, 0.15) is 26.2 Å². The maximum atomic E-state index is 11.4. The molecule has 0 radical (unpaired) electrons. The van der Waals surface area contributed by atoms with Crippen LogP contribution in [0.15, 0.2) is 23.8 Å². The van der Waals surface area contributed by atoms with Crippen LogP contribution in [0.3, 0.4) is 0 Å². The molecule has 1 nitrogen and oxygen atoms in total. The van der Waals surface area contributed by atoms with Crippen molar-refractivity contribution in [3.05, 3.63) is 23.8 Å². The first-order valence-corrected chi connectivity index (χ1v) is 5.11. The van der Waals surface area contributed by atoms with Gasteiger partial charge in [-0.25, -0.2) is 0 Å². The zero-order chi connectivity index (χ0) is 9.05. The van der Waals surface area contributed by atoms with Crippen molar-refractivity contribution in [1.29, 1.82) is 0 Å². The van der Waals surface area contributed by atoms with Crippen LogP contribution < -0.4 is 0 Å². The number of carbonyl (C=O) groups excluding carboxylic acids is 1. The van der Waals surface area contributed by atoms with Gasteiger partial charge in [0.2, 0.25) is 0 Å². The first kappa shape index (κ1) is 7.54. The van der Waals surface area contributed by atoms with E-state index in [1.807, 2.05) is 6.08 Å². The van der Waals surface area contributed by atoms with Crippen molar-refractivity contribution in [3.8, 4) is 0 Å². The van der Waals surface area contributed by atoms with Crippen LogP contribution in [0, 0.1) is 17.3 Å². The molecule has 0 bridgehead atoms. The number of rotatable bonds is 0. The molecule has 0 N–H and O–H groups in total. The van der Waals surface area contributed by atoms with Gasteiger partial charge in [-0.05, 0) is 36.2 Å². The Labute approximate surface area is 78.5 Å². The third-order valence-electron chi connectivity index (χ3n) is 4.17. The van der Waals surface area contributed by atoms with Crippen molar-refractivity contribution in [2.45, 2.75) is 26.2 Å². The summed E-state index contributed by atoms with van der Waals surface area (Å²) in [7, 11) is 0. The predicted octanol–water partition coefficient (Wildman–Crippen LogP) is 2.49. The number of ketones is 1. The first-order chi connectivity index (χ1) is 6.20. The lowest BCUT2D eigenvalue weighted by atomic mass is 9.75. The Kier molecular flexibility index (Phi) is 1.24. The minimum Gasteiger partial charge on any atom is -0.295 e. The lowest BCUT2D eigenvalue weighted by Gasteiger charge is -2.28. The fraction of sp³-hybridized carbons (Fsp3) is 0.583. The molecule has 0 amide bonds. The summed E-state index contributed by atoms with van der Waals surface area (Å²) in [5, 5.41) is 0. The fourth-order valence-corrected chi connectivity index (χ4v) is 3.45. The van der Waals surface area contributed by atoms with Crippen molar-refractivity contribution in [2.24, 2.45) is 17.3 Å². The van der Waals surface area contributed by atoms with E-state index in [9.17, 15) is 4.79 Å². The van der Waals surface area contributed by atoms with Gasteiger partial charge >= 0.3 is 0 Å². The maximum absolute atomic E-state index is 11.4. The molecule has 0 saturated heterocycles. The highest BCUT2D eigenvalue weighted by molar-refractivity contribution is 5.94. The number of fused-ring (bicyclic) bond motifs is 3. The molecule has 1 fully saturated rings. The molecule has 0 aromatic carbocycles. The van der Waals surface area contributed by atoms with Gasteiger partial charge in [0.15, 0.2) is 5.78 Å². The van der Waals surface area contributed by atoms with Gasteiger partial charge in [-0.3, -0.25) is 4.79 Å². The Bertz CT molecular complexity index is 337. The summed E-state index contributed by atoms with van der Waals surface area (Å²) in [6.45, 7) is 2.28. The van der Waals surface area contributed by atoms with Crippen LogP contribution >= 0.6 is 0 Å². The summed E-state index contributed by atoms with van der Waals surface area (Å²) in [6.07, 6.45) is 9.65. The van der Waals surface area contributed by atoms with Crippen LogP contribution in [-0.2, 0) is 4.79 Å². The van der Waals surface area contributed by atoms with E-state index in [0.717, 1.165) is 24.7 Å². The SMILES string of the molecule is CC12CC(=O)C=C1CC1C=CCC12. The summed E-state index contributed by atoms with van der Waals surface area (Å²) in [4.78, 5) is 11.4. The summed E-state index contributed by atoms with van der Waals surface area (Å²) < 4.78 is 0. The predicted molar refractivity (Wildman–Crippen MR) is 51.2 cm³/mol. The van der Waals surface area contributed by atoms with Crippen LogP contribution in [0.4, 0.5) is 0 Å². The summed E-state index contributed by atoms with van der Waals surface area (Å²) >= 11 is 0. The quantitative estimate of drug-likeness (QED) is 0.516. The van der Waals surface area contributed by atoms with Crippen molar-refractivity contribution < 1.29 is 4.79 Å². The van der Waals surface area contributed by atoms with Gasteiger partial charge in [-0.2, -0.15) is 0 Å². The zero-order valence-corrected chi connectivity index (χ0v) is 7.92. The monoisotopic (exact) mass is 174 g/mol. The van der Waals surface area contributed by atoms with Gasteiger partial charge in [0.1, 0.15) is 0 Å². The normalized spacial score (nSPS) is 46.5. The number of carbonyl (C=O) groups is 1. The van der Waals surface area contributed by atoms with Gasteiger partial charge in [0.25, 0.3) is 0 Å². The van der Waals surface area contributed by atoms with E-state index in [-0.39, 0.29) is 5.41 Å². The highest BCUT2D eigenvalue weighted by Crippen LogP contribution is 2.59. The van der Waals surface area contributed by atoms with Gasteiger partial charge in [0.05, 0.1) is 0 Å². The van der Waals surface area contributed by atoms with Crippen molar-refractivity contribution in [2.75, 3.05) is 0 Å². The molecule has 3 atom stereocenters. The molecule has 0 aromatic rings. The molecule has 3 unspecified atom stereocenters. The standard InChI is InChI=1S/C12H14O/c1-12-7-10(13)6-9(12)5-8-3-2-4-11(8)12/h2-3,6,8,11H,4-5,7H2,1H3. The van der Waals surface area contributed by atoms with Crippen molar-refractivity contribution >= 4 is 5.78 Å². The van der Waals surface area contributed by atoms with E-state index in [1.165, 1.54) is 12.0 Å². The Morgan fingerprint density at radius 1 is 1.54 bits per heavy atom. The maximum Gasteiger partial charge on any atom is 0.156 e. The minimum absolute atomic E-state index is 0.227. The fourth-order valence-electron chi connectivity index (χ4n) is 3.45. The molecule has 1 saturated carbocycles. The molecule has 3 aliphatic rings. The van der Waals surface area contributed by atoms with Gasteiger partial charge in [-0.1, -0.05) is 24.6 Å². The molecule has 3 rings (SSSR count). The third-order valence-corrected chi connectivity index (χ3v) is 4.17. The minimum atomic E-state index is 0.227. The van der Waals surface area contributed by atoms with E-state index in [4.69, 9.17) is 0 Å². The second kappa shape index (κ2) is 2.14. The highest BCUT2D eigenvalue weighted by Gasteiger charge is 2.51. The van der Waals surface area contributed by atoms with Gasteiger partial charge < -0.3 is 0 Å². The second-order valence-electron chi connectivity index (χ2n) is 4.87. The first-order valence-electron chi connectivity index (χ1n) is 5.11. The van der Waals surface area contributed by atoms with E-state index in [0.29, 0.717) is 5.78 Å². The molecule has 1 heteroatoms. The Balaban J connectivity index is 2.05. The zero-order valence-electron chi connectivity index (χ0n) is 7.92. The summed E-state index contributed by atoms with van der Waals surface area (Å²) in [6, 6.07) is 0. The molecule has 3 aliphatic carbocycles. The Morgan fingerprint density at radius 3 is 3.23 bits per heavy atom. The van der Waals surface area contributed by atoms with Crippen LogP contribution in [0.25, 0.3) is 0 Å².